The molecule has 0 amide bonds. The van der Waals surface area contributed by atoms with Crippen molar-refractivity contribution in [3.63, 3.8) is 0 Å². The molecule has 0 spiro atoms. The Kier molecular flexibility index (Phi) is 2.68. The monoisotopic (exact) mass is 214 g/mol. The quantitative estimate of drug-likeness (QED) is 0.755. The first-order chi connectivity index (χ1) is 7.70. The van der Waals surface area contributed by atoms with Crippen LogP contribution in [-0.2, 0) is 0 Å². The van der Waals surface area contributed by atoms with Crippen molar-refractivity contribution < 1.29 is 4.74 Å². The first kappa shape index (κ1) is 10.4. The summed E-state index contributed by atoms with van der Waals surface area (Å²) in [6.07, 6.45) is 0. The van der Waals surface area contributed by atoms with Gasteiger partial charge in [-0.05, 0) is 35.9 Å². The average molecular weight is 214 g/mol. The van der Waals surface area contributed by atoms with Crippen LogP contribution < -0.4 is 16.2 Å². The van der Waals surface area contributed by atoms with Crippen LogP contribution >= 0.6 is 0 Å². The van der Waals surface area contributed by atoms with Crippen LogP contribution in [-0.4, -0.2) is 7.11 Å². The zero-order chi connectivity index (χ0) is 11.5. The molecule has 0 bridgehead atoms. The second-order valence-electron chi connectivity index (χ2n) is 3.58. The summed E-state index contributed by atoms with van der Waals surface area (Å²) in [5.41, 5.74) is 15.1. The van der Waals surface area contributed by atoms with Gasteiger partial charge in [-0.3, -0.25) is 0 Å². The molecular weight excluding hydrogens is 200 g/mol. The Balaban J connectivity index is 2.45. The van der Waals surface area contributed by atoms with E-state index in [4.69, 9.17) is 16.2 Å². The molecule has 0 aliphatic carbocycles. The topological polar surface area (TPSA) is 61.3 Å². The van der Waals surface area contributed by atoms with E-state index in [1.54, 1.807) is 13.2 Å². The van der Waals surface area contributed by atoms with Gasteiger partial charge in [-0.1, -0.05) is 12.1 Å². The van der Waals surface area contributed by atoms with Gasteiger partial charge in [0.2, 0.25) is 0 Å². The highest BCUT2D eigenvalue weighted by Crippen LogP contribution is 2.29. The predicted molar refractivity (Wildman–Crippen MR) is 67.3 cm³/mol. The molecule has 0 heterocycles. The van der Waals surface area contributed by atoms with Crippen LogP contribution in [0.5, 0.6) is 5.75 Å². The number of methoxy groups -OCH3 is 1. The maximum atomic E-state index is 5.91. The molecule has 3 nitrogen and oxygen atoms in total. The third kappa shape index (κ3) is 1.93. The van der Waals surface area contributed by atoms with E-state index < -0.39 is 0 Å². The van der Waals surface area contributed by atoms with E-state index >= 15 is 0 Å². The molecule has 0 aromatic heterocycles. The predicted octanol–water partition coefficient (Wildman–Crippen LogP) is 2.53. The number of hydrogen-bond acceptors (Lipinski definition) is 3. The van der Waals surface area contributed by atoms with E-state index in [1.807, 2.05) is 36.4 Å². The summed E-state index contributed by atoms with van der Waals surface area (Å²) in [6, 6.07) is 13.2. The molecule has 0 aliphatic heterocycles. The highest BCUT2D eigenvalue weighted by Gasteiger charge is 2.03. The number of hydrogen-bond donors (Lipinski definition) is 2. The Bertz CT molecular complexity index is 492. The van der Waals surface area contributed by atoms with Gasteiger partial charge in [-0.15, -0.1) is 0 Å². The number of nitrogens with two attached hydrogens (primary N) is 2. The van der Waals surface area contributed by atoms with Crippen LogP contribution in [0.2, 0.25) is 0 Å². The molecule has 0 atom stereocenters. The van der Waals surface area contributed by atoms with Gasteiger partial charge in [0.15, 0.2) is 0 Å². The number of anilines is 2. The molecule has 0 aliphatic rings. The van der Waals surface area contributed by atoms with E-state index in [0.29, 0.717) is 5.69 Å². The fourth-order valence-electron chi connectivity index (χ4n) is 1.59. The first-order valence-electron chi connectivity index (χ1n) is 5.00. The summed E-state index contributed by atoms with van der Waals surface area (Å²) < 4.78 is 5.10. The SMILES string of the molecule is COc1ccc(-c2cc(N)ccc2N)cc1. The van der Waals surface area contributed by atoms with Crippen molar-refractivity contribution in [3.05, 3.63) is 42.5 Å². The highest BCUT2D eigenvalue weighted by atomic mass is 16.5. The van der Waals surface area contributed by atoms with Crippen LogP contribution in [0.1, 0.15) is 0 Å². The van der Waals surface area contributed by atoms with Crippen molar-refractivity contribution in [2.75, 3.05) is 18.6 Å². The van der Waals surface area contributed by atoms with Crippen molar-refractivity contribution >= 4 is 11.4 Å². The number of nitrogen functional groups attached to an aromatic ring is 2. The third-order valence-corrected chi connectivity index (χ3v) is 2.48. The molecule has 2 aromatic carbocycles. The minimum Gasteiger partial charge on any atom is -0.497 e. The summed E-state index contributed by atoms with van der Waals surface area (Å²) in [4.78, 5) is 0. The lowest BCUT2D eigenvalue weighted by molar-refractivity contribution is 0.415. The maximum absolute atomic E-state index is 5.91. The molecule has 2 rings (SSSR count). The molecule has 0 radical (unpaired) electrons. The lowest BCUT2D eigenvalue weighted by Gasteiger charge is -2.07. The van der Waals surface area contributed by atoms with E-state index in [1.165, 1.54) is 0 Å². The van der Waals surface area contributed by atoms with Crippen LogP contribution in [0, 0.1) is 0 Å². The van der Waals surface area contributed by atoms with Gasteiger partial charge in [-0.25, -0.2) is 0 Å². The standard InChI is InChI=1S/C13H14N2O/c1-16-11-5-2-9(3-6-11)12-8-10(14)4-7-13(12)15/h2-8H,14-15H2,1H3. The minimum absolute atomic E-state index is 0.708. The third-order valence-electron chi connectivity index (χ3n) is 2.48. The molecule has 0 fully saturated rings. The summed E-state index contributed by atoms with van der Waals surface area (Å²) in [7, 11) is 1.64. The zero-order valence-electron chi connectivity index (χ0n) is 9.10. The Morgan fingerprint density at radius 3 is 2.25 bits per heavy atom. The number of rotatable bonds is 2. The van der Waals surface area contributed by atoms with Crippen LogP contribution in [0.3, 0.4) is 0 Å². The molecule has 82 valence electrons. The fourth-order valence-corrected chi connectivity index (χ4v) is 1.59. The number of benzene rings is 2. The van der Waals surface area contributed by atoms with E-state index in [2.05, 4.69) is 0 Å². The molecule has 0 unspecified atom stereocenters. The van der Waals surface area contributed by atoms with Gasteiger partial charge in [0.25, 0.3) is 0 Å². The van der Waals surface area contributed by atoms with Gasteiger partial charge in [0.1, 0.15) is 5.75 Å². The second kappa shape index (κ2) is 4.14. The van der Waals surface area contributed by atoms with Gasteiger partial charge in [0.05, 0.1) is 7.11 Å². The summed E-state index contributed by atoms with van der Waals surface area (Å²) in [5, 5.41) is 0. The Morgan fingerprint density at radius 2 is 1.62 bits per heavy atom. The number of ether oxygens (including phenoxy) is 1. The lowest BCUT2D eigenvalue weighted by Crippen LogP contribution is -1.93. The van der Waals surface area contributed by atoms with Crippen molar-refractivity contribution in [3.8, 4) is 16.9 Å². The highest BCUT2D eigenvalue weighted by molar-refractivity contribution is 5.79. The Labute approximate surface area is 94.6 Å². The van der Waals surface area contributed by atoms with Gasteiger partial charge in [0, 0.05) is 16.9 Å². The van der Waals surface area contributed by atoms with Gasteiger partial charge >= 0.3 is 0 Å². The fraction of sp³-hybridized carbons (Fsp3) is 0.0769. The molecule has 0 saturated heterocycles. The minimum atomic E-state index is 0.708. The van der Waals surface area contributed by atoms with Crippen LogP contribution in [0.15, 0.2) is 42.5 Å². The van der Waals surface area contributed by atoms with Crippen LogP contribution in [0.4, 0.5) is 11.4 Å². The summed E-state index contributed by atoms with van der Waals surface area (Å²) in [5.74, 6) is 0.825. The van der Waals surface area contributed by atoms with Crippen molar-refractivity contribution in [1.29, 1.82) is 0 Å². The lowest BCUT2D eigenvalue weighted by atomic mass is 10.0. The molecule has 4 N–H and O–H groups in total. The molecule has 2 aromatic rings. The molecule has 3 heteroatoms. The van der Waals surface area contributed by atoms with E-state index in [0.717, 1.165) is 22.6 Å². The van der Waals surface area contributed by atoms with Gasteiger partial charge in [-0.2, -0.15) is 0 Å². The molecule has 16 heavy (non-hydrogen) atoms. The normalized spacial score (nSPS) is 10.1. The Morgan fingerprint density at radius 1 is 0.938 bits per heavy atom. The molecular formula is C13H14N2O. The van der Waals surface area contributed by atoms with Crippen molar-refractivity contribution in [2.24, 2.45) is 0 Å². The summed E-state index contributed by atoms with van der Waals surface area (Å²) >= 11 is 0. The summed E-state index contributed by atoms with van der Waals surface area (Å²) in [6.45, 7) is 0. The maximum Gasteiger partial charge on any atom is 0.118 e. The average Bonchev–Trinajstić information content (AvgIpc) is 2.32. The van der Waals surface area contributed by atoms with Crippen molar-refractivity contribution in [1.82, 2.24) is 0 Å². The smallest absolute Gasteiger partial charge is 0.118 e. The first-order valence-corrected chi connectivity index (χ1v) is 5.00. The van der Waals surface area contributed by atoms with Crippen molar-refractivity contribution in [2.45, 2.75) is 0 Å². The van der Waals surface area contributed by atoms with Gasteiger partial charge < -0.3 is 16.2 Å². The Hall–Kier alpha value is -2.16. The largest absolute Gasteiger partial charge is 0.497 e. The van der Waals surface area contributed by atoms with E-state index in [9.17, 15) is 0 Å². The zero-order valence-corrected chi connectivity index (χ0v) is 9.10. The molecule has 0 saturated carbocycles. The van der Waals surface area contributed by atoms with E-state index in [-0.39, 0.29) is 0 Å². The van der Waals surface area contributed by atoms with Crippen LogP contribution in [0.25, 0.3) is 11.1 Å². The second-order valence-corrected chi connectivity index (χ2v) is 3.58.